The Morgan fingerprint density at radius 3 is 2.21 bits per heavy atom. The van der Waals surface area contributed by atoms with E-state index in [1.165, 1.54) is 11.6 Å². The highest BCUT2D eigenvalue weighted by Crippen LogP contribution is 2.30. The summed E-state index contributed by atoms with van der Waals surface area (Å²) in [5, 5.41) is 20.8. The van der Waals surface area contributed by atoms with Gasteiger partial charge in [0, 0.05) is 40.3 Å². The molecule has 0 spiro atoms. The van der Waals surface area contributed by atoms with E-state index < -0.39 is 23.4 Å². The summed E-state index contributed by atoms with van der Waals surface area (Å²) in [6.07, 6.45) is -5.08. The number of piperazine rings is 1. The van der Waals surface area contributed by atoms with Crippen molar-refractivity contribution in [3.8, 4) is 11.4 Å². The fourth-order valence-corrected chi connectivity index (χ4v) is 3.34. The zero-order chi connectivity index (χ0) is 24.5. The average molecular weight is 470 g/mol. The molecule has 2 aromatic heterocycles. The Balaban J connectivity index is 0.000000383. The molecule has 0 saturated carbocycles. The number of hydrogen-bond donors (Lipinski definition) is 3. The van der Waals surface area contributed by atoms with Crippen LogP contribution in [-0.4, -0.2) is 67.2 Å². The molecule has 0 bridgehead atoms. The molecule has 11 nitrogen and oxygen atoms in total. The number of benzene rings is 1. The van der Waals surface area contributed by atoms with Crippen molar-refractivity contribution < 1.29 is 28.2 Å². The van der Waals surface area contributed by atoms with Gasteiger partial charge in [-0.05, 0) is 12.1 Å². The number of carboxylic acids is 1. The molecular weight excluding hydrogens is 449 g/mol. The first-order valence-electron chi connectivity index (χ1n) is 9.67. The molecule has 0 unspecified atom stereocenters. The summed E-state index contributed by atoms with van der Waals surface area (Å²) in [7, 11) is 3.03. The summed E-state index contributed by atoms with van der Waals surface area (Å²) >= 11 is 0. The minimum absolute atomic E-state index is 0.0408. The number of rotatable bonds is 2. The van der Waals surface area contributed by atoms with Gasteiger partial charge in [0.15, 0.2) is 11.2 Å². The van der Waals surface area contributed by atoms with E-state index >= 15 is 0 Å². The lowest BCUT2D eigenvalue weighted by molar-refractivity contribution is -0.192. The molecule has 1 fully saturated rings. The maximum absolute atomic E-state index is 12.9. The number of carbonyl (C=O) groups is 1. The van der Waals surface area contributed by atoms with Crippen molar-refractivity contribution in [2.75, 3.05) is 31.1 Å². The molecule has 0 atom stereocenters. The van der Waals surface area contributed by atoms with Crippen LogP contribution in [0.3, 0.4) is 0 Å². The summed E-state index contributed by atoms with van der Waals surface area (Å²) in [5.41, 5.74) is 0.148. The number of halogens is 3. The quantitative estimate of drug-likeness (QED) is 0.483. The molecule has 3 aromatic rings. The van der Waals surface area contributed by atoms with E-state index in [2.05, 4.69) is 10.3 Å². The van der Waals surface area contributed by atoms with Gasteiger partial charge < -0.3 is 20.4 Å². The zero-order valence-corrected chi connectivity index (χ0v) is 17.6. The highest BCUT2D eigenvalue weighted by atomic mass is 19.4. The molecule has 1 aliphatic rings. The van der Waals surface area contributed by atoms with Gasteiger partial charge in [0.05, 0.1) is 5.69 Å². The Morgan fingerprint density at radius 1 is 1.09 bits per heavy atom. The van der Waals surface area contributed by atoms with Crippen LogP contribution in [-0.2, 0) is 18.9 Å². The Hall–Kier alpha value is -3.81. The number of nitrogens with one attached hydrogen (secondary N) is 1. The summed E-state index contributed by atoms with van der Waals surface area (Å²) in [5.74, 6) is -2.17. The third kappa shape index (κ3) is 4.55. The van der Waals surface area contributed by atoms with Crippen molar-refractivity contribution >= 4 is 23.1 Å². The number of phenolic OH excluding ortho intramolecular Hbond substituents is 1. The summed E-state index contributed by atoms with van der Waals surface area (Å²) < 4.78 is 35.8. The molecule has 1 saturated heterocycles. The van der Waals surface area contributed by atoms with Gasteiger partial charge in [-0.3, -0.25) is 18.5 Å². The SMILES string of the molecule is Cn1c(=O)c2c(nc(N3CCNCC3)n2-c2ccccc2O)n(C)c1=O.O=C(O)C(F)(F)F. The third-order valence-electron chi connectivity index (χ3n) is 5.01. The minimum atomic E-state index is -5.08. The Labute approximate surface area is 183 Å². The van der Waals surface area contributed by atoms with E-state index in [0.717, 1.165) is 17.7 Å². The van der Waals surface area contributed by atoms with Gasteiger partial charge in [0.1, 0.15) is 5.75 Å². The summed E-state index contributed by atoms with van der Waals surface area (Å²) in [6, 6.07) is 6.80. The molecule has 3 heterocycles. The molecule has 0 radical (unpaired) electrons. The highest BCUT2D eigenvalue weighted by molar-refractivity contribution is 5.78. The van der Waals surface area contributed by atoms with Crippen LogP contribution in [0, 0.1) is 0 Å². The number of alkyl halides is 3. The second kappa shape index (κ2) is 8.97. The molecule has 3 N–H and O–H groups in total. The van der Waals surface area contributed by atoms with Gasteiger partial charge in [0.2, 0.25) is 5.95 Å². The van der Waals surface area contributed by atoms with Crippen LogP contribution in [0.5, 0.6) is 5.75 Å². The van der Waals surface area contributed by atoms with E-state index in [0.29, 0.717) is 30.4 Å². The van der Waals surface area contributed by atoms with Crippen LogP contribution in [0.2, 0.25) is 0 Å². The van der Waals surface area contributed by atoms with Crippen LogP contribution < -0.4 is 21.5 Å². The summed E-state index contributed by atoms with van der Waals surface area (Å²) in [4.78, 5) is 40.7. The minimum Gasteiger partial charge on any atom is -0.506 e. The number of phenols is 1. The number of aryl methyl sites for hydroxylation is 1. The Bertz CT molecular complexity index is 1300. The fourth-order valence-electron chi connectivity index (χ4n) is 3.34. The van der Waals surface area contributed by atoms with Crippen molar-refractivity contribution in [1.82, 2.24) is 24.0 Å². The standard InChI is InChI=1S/C17H20N6O3.C2HF3O2/c1-20-14-13(15(25)21(2)17(20)26)23(11-5-3-4-6-12(11)24)16(19-14)22-9-7-18-8-10-22;3-2(4,5)1(6)7/h3-6,18,24H,7-10H2,1-2H3;(H,6,7). The van der Waals surface area contributed by atoms with Gasteiger partial charge in [-0.2, -0.15) is 18.2 Å². The van der Waals surface area contributed by atoms with Crippen LogP contribution in [0.4, 0.5) is 19.1 Å². The van der Waals surface area contributed by atoms with E-state index in [1.807, 2.05) is 4.90 Å². The van der Waals surface area contributed by atoms with Crippen molar-refractivity contribution in [3.63, 3.8) is 0 Å². The predicted molar refractivity (Wildman–Crippen MR) is 112 cm³/mol. The normalized spacial score (nSPS) is 14.2. The molecule has 4 rings (SSSR count). The van der Waals surface area contributed by atoms with E-state index in [-0.39, 0.29) is 11.3 Å². The zero-order valence-electron chi connectivity index (χ0n) is 17.6. The van der Waals surface area contributed by atoms with Gasteiger partial charge in [-0.15, -0.1) is 0 Å². The van der Waals surface area contributed by atoms with Crippen LogP contribution in [0.1, 0.15) is 0 Å². The first kappa shape index (κ1) is 23.8. The molecule has 1 aliphatic heterocycles. The van der Waals surface area contributed by atoms with Crippen molar-refractivity contribution in [2.45, 2.75) is 6.18 Å². The molecule has 33 heavy (non-hydrogen) atoms. The van der Waals surface area contributed by atoms with Gasteiger partial charge in [0.25, 0.3) is 5.56 Å². The van der Waals surface area contributed by atoms with Crippen LogP contribution in [0.25, 0.3) is 16.9 Å². The van der Waals surface area contributed by atoms with Gasteiger partial charge in [-0.1, -0.05) is 12.1 Å². The molecule has 14 heteroatoms. The number of aliphatic carboxylic acids is 1. The molecule has 0 aliphatic carbocycles. The summed E-state index contributed by atoms with van der Waals surface area (Å²) in [6.45, 7) is 3.01. The van der Waals surface area contributed by atoms with E-state index in [4.69, 9.17) is 9.90 Å². The first-order valence-corrected chi connectivity index (χ1v) is 9.67. The number of fused-ring (bicyclic) bond motifs is 1. The fraction of sp³-hybridized carbons (Fsp3) is 0.368. The smallest absolute Gasteiger partial charge is 0.490 e. The number of hydrogen-bond acceptors (Lipinski definition) is 7. The molecule has 178 valence electrons. The largest absolute Gasteiger partial charge is 0.506 e. The lowest BCUT2D eigenvalue weighted by Crippen LogP contribution is -2.44. The third-order valence-corrected chi connectivity index (χ3v) is 5.01. The maximum atomic E-state index is 12.9. The monoisotopic (exact) mass is 470 g/mol. The number of anilines is 1. The Kier molecular flexibility index (Phi) is 6.48. The van der Waals surface area contributed by atoms with Crippen molar-refractivity contribution in [3.05, 3.63) is 45.1 Å². The number of para-hydroxylation sites is 2. The van der Waals surface area contributed by atoms with Crippen LogP contribution in [0.15, 0.2) is 33.9 Å². The first-order chi connectivity index (χ1) is 15.4. The van der Waals surface area contributed by atoms with Gasteiger partial charge in [-0.25, -0.2) is 9.59 Å². The molecule has 1 aromatic carbocycles. The lowest BCUT2D eigenvalue weighted by Gasteiger charge is -2.28. The second-order valence-corrected chi connectivity index (χ2v) is 7.15. The van der Waals surface area contributed by atoms with Crippen molar-refractivity contribution in [2.24, 2.45) is 14.1 Å². The second-order valence-electron chi connectivity index (χ2n) is 7.15. The molecular formula is C19H21F3N6O5. The van der Waals surface area contributed by atoms with Crippen molar-refractivity contribution in [1.29, 1.82) is 0 Å². The number of carboxylic acid groups (broad SMARTS) is 1. The number of aromatic hydroxyl groups is 1. The van der Waals surface area contributed by atoms with E-state index in [9.17, 15) is 27.9 Å². The number of imidazole rings is 1. The predicted octanol–water partition coefficient (Wildman–Crippen LogP) is 0.171. The maximum Gasteiger partial charge on any atom is 0.490 e. The Morgan fingerprint density at radius 2 is 1.67 bits per heavy atom. The van der Waals surface area contributed by atoms with Gasteiger partial charge >= 0.3 is 17.8 Å². The number of aromatic nitrogens is 4. The molecule has 0 amide bonds. The van der Waals surface area contributed by atoms with Crippen LogP contribution >= 0.6 is 0 Å². The average Bonchev–Trinajstić information content (AvgIpc) is 3.17. The van der Waals surface area contributed by atoms with E-state index in [1.54, 1.807) is 35.9 Å². The number of nitrogens with zero attached hydrogens (tertiary/aromatic N) is 5. The lowest BCUT2D eigenvalue weighted by atomic mass is 10.3. The topological polar surface area (TPSA) is 135 Å². The highest BCUT2D eigenvalue weighted by Gasteiger charge is 2.38.